The average Bonchev–Trinajstić information content (AvgIpc) is 3.40. The van der Waals surface area contributed by atoms with Gasteiger partial charge in [0.05, 0.1) is 43.0 Å². The van der Waals surface area contributed by atoms with Crippen LogP contribution in [0.25, 0.3) is 16.9 Å². The molecule has 0 aliphatic carbocycles. The third-order valence-corrected chi connectivity index (χ3v) is 6.60. The minimum Gasteiger partial charge on any atom is -0.496 e. The van der Waals surface area contributed by atoms with Gasteiger partial charge in [-0.25, -0.2) is 19.7 Å². The largest absolute Gasteiger partial charge is 0.496 e. The minimum absolute atomic E-state index is 0.514. The number of carbonyl (C=O) groups is 1. The van der Waals surface area contributed by atoms with Crippen molar-refractivity contribution < 1.29 is 32.5 Å². The molecule has 0 unspecified atom stereocenters. The molecule has 0 amide bonds. The summed E-state index contributed by atoms with van der Waals surface area (Å²) in [6, 6.07) is 7.84. The molecule has 0 spiro atoms. The predicted octanol–water partition coefficient (Wildman–Crippen LogP) is 4.46. The number of nitrogens with one attached hydrogen (secondary N) is 1. The highest BCUT2D eigenvalue weighted by atomic mass is 35.5. The number of ether oxygens (including phenoxy) is 2. The molecule has 2 N–H and O–H groups in total. The third kappa shape index (κ3) is 6.82. The van der Waals surface area contributed by atoms with Crippen LogP contribution >= 0.6 is 11.6 Å². The summed E-state index contributed by atoms with van der Waals surface area (Å²) in [5.74, 6) is -0.901. The predicted molar refractivity (Wildman–Crippen MR) is 148 cm³/mol. The highest BCUT2D eigenvalue weighted by Crippen LogP contribution is 2.38. The highest BCUT2D eigenvalue weighted by molar-refractivity contribution is 6.32. The molecule has 0 saturated carbocycles. The topological polar surface area (TPSA) is 117 Å². The molecule has 0 radical (unpaired) electrons. The molecule has 0 atom stereocenters. The Hall–Kier alpha value is -4.46. The molecule has 3 aromatic heterocycles. The van der Waals surface area contributed by atoms with Crippen molar-refractivity contribution in [3.8, 4) is 22.8 Å². The van der Waals surface area contributed by atoms with E-state index in [2.05, 4.69) is 37.2 Å². The van der Waals surface area contributed by atoms with Crippen LogP contribution in [0.5, 0.6) is 11.5 Å². The lowest BCUT2D eigenvalue weighted by Gasteiger charge is -2.37. The van der Waals surface area contributed by atoms with Gasteiger partial charge in [0.15, 0.2) is 0 Å². The average molecular weight is 594 g/mol. The van der Waals surface area contributed by atoms with E-state index in [1.54, 1.807) is 20.3 Å². The smallest absolute Gasteiger partial charge is 0.490 e. The van der Waals surface area contributed by atoms with Crippen molar-refractivity contribution in [1.29, 1.82) is 0 Å². The first kappa shape index (κ1) is 29.5. The number of imidazole rings is 1. The molecule has 11 nitrogen and oxygen atoms in total. The molecule has 4 aromatic rings. The first-order valence-electron chi connectivity index (χ1n) is 12.2. The second-order valence-electron chi connectivity index (χ2n) is 8.76. The monoisotopic (exact) mass is 593 g/mol. The summed E-state index contributed by atoms with van der Waals surface area (Å²) in [5.41, 5.74) is 4.65. The second kappa shape index (κ2) is 12.4. The number of piperazine rings is 1. The normalized spacial score (nSPS) is 13.4. The number of hydrogen-bond acceptors (Lipinski definition) is 9. The number of nitrogens with zero attached hydrogens (tertiary/aromatic N) is 6. The zero-order valence-electron chi connectivity index (χ0n) is 22.3. The van der Waals surface area contributed by atoms with Gasteiger partial charge in [0, 0.05) is 69.0 Å². The summed E-state index contributed by atoms with van der Waals surface area (Å²) < 4.78 is 44.6. The van der Waals surface area contributed by atoms with Gasteiger partial charge in [-0.15, -0.1) is 0 Å². The molecular formula is C26H27ClF3N7O4. The van der Waals surface area contributed by atoms with E-state index in [9.17, 15) is 13.2 Å². The SMILES string of the molecule is CNc1ncc(N2CCN(c3ccn4cc(-c5cc(Cl)c(OC)cc5OC)nc4c3)CC2)cn1.O=C(O)C(F)(F)F. The molecule has 41 heavy (non-hydrogen) atoms. The van der Waals surface area contributed by atoms with E-state index < -0.39 is 12.1 Å². The number of carboxylic acid groups (broad SMARTS) is 1. The van der Waals surface area contributed by atoms with Crippen LogP contribution in [0.2, 0.25) is 5.02 Å². The number of aliphatic carboxylic acids is 1. The number of carboxylic acids is 1. The highest BCUT2D eigenvalue weighted by Gasteiger charge is 2.38. The summed E-state index contributed by atoms with van der Waals surface area (Å²) in [6.45, 7) is 3.60. The number of hydrogen-bond donors (Lipinski definition) is 2. The number of benzene rings is 1. The Labute approximate surface area is 238 Å². The molecule has 1 aromatic carbocycles. The van der Waals surface area contributed by atoms with Crippen LogP contribution in [0, 0.1) is 0 Å². The molecule has 1 fully saturated rings. The lowest BCUT2D eigenvalue weighted by atomic mass is 10.1. The lowest BCUT2D eigenvalue weighted by molar-refractivity contribution is -0.192. The molecule has 4 heterocycles. The van der Waals surface area contributed by atoms with Gasteiger partial charge in [-0.3, -0.25) is 0 Å². The number of fused-ring (bicyclic) bond motifs is 1. The van der Waals surface area contributed by atoms with Gasteiger partial charge in [0.1, 0.15) is 17.1 Å². The maximum atomic E-state index is 10.6. The van der Waals surface area contributed by atoms with Crippen LogP contribution in [-0.4, -0.2) is 84.1 Å². The zero-order chi connectivity index (χ0) is 29.7. The van der Waals surface area contributed by atoms with Crippen molar-refractivity contribution in [2.24, 2.45) is 0 Å². The number of anilines is 3. The quantitative estimate of drug-likeness (QED) is 0.332. The van der Waals surface area contributed by atoms with Gasteiger partial charge >= 0.3 is 12.1 Å². The fraction of sp³-hybridized carbons (Fsp3) is 0.308. The Balaban J connectivity index is 0.000000493. The fourth-order valence-electron chi connectivity index (χ4n) is 4.19. The first-order valence-corrected chi connectivity index (χ1v) is 12.6. The van der Waals surface area contributed by atoms with Crippen molar-refractivity contribution in [3.63, 3.8) is 0 Å². The van der Waals surface area contributed by atoms with Crippen LogP contribution in [0.4, 0.5) is 30.5 Å². The Morgan fingerprint density at radius 3 is 2.12 bits per heavy atom. The molecular weight excluding hydrogens is 567 g/mol. The van der Waals surface area contributed by atoms with E-state index in [0.29, 0.717) is 22.5 Å². The van der Waals surface area contributed by atoms with E-state index in [-0.39, 0.29) is 0 Å². The van der Waals surface area contributed by atoms with Gasteiger partial charge in [-0.1, -0.05) is 11.6 Å². The standard InChI is InChI=1S/C24H26ClN7O2.C2HF3O2/c1-26-24-27-13-17(14-28-24)31-8-6-30(7-9-31)16-4-5-32-15-20(29-23(32)10-16)18-11-19(25)22(34-3)12-21(18)33-2;3-2(4,5)1(6)7/h4-5,10-15H,6-9H2,1-3H3,(H,26,27,28);(H,6,7). The molecule has 1 saturated heterocycles. The minimum atomic E-state index is -5.08. The van der Waals surface area contributed by atoms with Crippen LogP contribution in [0.15, 0.2) is 49.1 Å². The lowest BCUT2D eigenvalue weighted by Crippen LogP contribution is -2.46. The molecule has 218 valence electrons. The van der Waals surface area contributed by atoms with Crippen LogP contribution in [0.3, 0.4) is 0 Å². The van der Waals surface area contributed by atoms with Gasteiger partial charge in [-0.05, 0) is 12.1 Å². The fourth-order valence-corrected chi connectivity index (χ4v) is 4.44. The number of rotatable bonds is 6. The van der Waals surface area contributed by atoms with Crippen LogP contribution in [-0.2, 0) is 4.79 Å². The summed E-state index contributed by atoms with van der Waals surface area (Å²) in [7, 11) is 5.02. The Kier molecular flexibility index (Phi) is 8.91. The molecule has 5 rings (SSSR count). The molecule has 1 aliphatic heterocycles. The number of alkyl halides is 3. The number of halogens is 4. The summed E-state index contributed by atoms with van der Waals surface area (Å²) in [5, 5.41) is 10.6. The molecule has 1 aliphatic rings. The maximum Gasteiger partial charge on any atom is 0.490 e. The summed E-state index contributed by atoms with van der Waals surface area (Å²) in [6.07, 6.45) is 2.67. The number of methoxy groups -OCH3 is 2. The van der Waals surface area contributed by atoms with Crippen LogP contribution in [0.1, 0.15) is 0 Å². The first-order chi connectivity index (χ1) is 19.5. The van der Waals surface area contributed by atoms with E-state index >= 15 is 0 Å². The Morgan fingerprint density at radius 1 is 1.00 bits per heavy atom. The molecule has 0 bridgehead atoms. The van der Waals surface area contributed by atoms with Gasteiger partial charge in [0.25, 0.3) is 0 Å². The zero-order valence-corrected chi connectivity index (χ0v) is 23.1. The Morgan fingerprint density at radius 2 is 1.59 bits per heavy atom. The van der Waals surface area contributed by atoms with E-state index in [4.69, 9.17) is 36.0 Å². The summed E-state index contributed by atoms with van der Waals surface area (Å²) in [4.78, 5) is 27.1. The van der Waals surface area contributed by atoms with Crippen molar-refractivity contribution in [3.05, 3.63) is 54.1 Å². The van der Waals surface area contributed by atoms with Crippen LogP contribution < -0.4 is 24.6 Å². The van der Waals surface area contributed by atoms with Crippen molar-refractivity contribution >= 4 is 40.5 Å². The van der Waals surface area contributed by atoms with E-state index in [0.717, 1.165) is 54.5 Å². The summed E-state index contributed by atoms with van der Waals surface area (Å²) >= 11 is 6.37. The van der Waals surface area contributed by atoms with Crippen molar-refractivity contribution in [2.45, 2.75) is 6.18 Å². The van der Waals surface area contributed by atoms with Crippen molar-refractivity contribution in [1.82, 2.24) is 19.4 Å². The second-order valence-corrected chi connectivity index (χ2v) is 9.16. The number of pyridine rings is 1. The van der Waals surface area contributed by atoms with Gasteiger partial charge < -0.3 is 34.1 Å². The van der Waals surface area contributed by atoms with E-state index in [1.165, 1.54) is 0 Å². The number of aromatic nitrogens is 4. The van der Waals surface area contributed by atoms with Gasteiger partial charge in [0.2, 0.25) is 5.95 Å². The molecule has 15 heteroatoms. The maximum absolute atomic E-state index is 10.6. The van der Waals surface area contributed by atoms with Crippen molar-refractivity contribution in [2.75, 3.05) is 62.6 Å². The van der Waals surface area contributed by atoms with Gasteiger partial charge in [-0.2, -0.15) is 13.2 Å². The third-order valence-electron chi connectivity index (χ3n) is 6.31. The van der Waals surface area contributed by atoms with E-state index in [1.807, 2.05) is 42.3 Å². The Bertz CT molecular complexity index is 1510.